The van der Waals surface area contributed by atoms with Gasteiger partial charge in [-0.15, -0.1) is 17.8 Å². The number of thiophene rings is 1. The minimum absolute atomic E-state index is 0.151. The summed E-state index contributed by atoms with van der Waals surface area (Å²) < 4.78 is 0. The minimum Gasteiger partial charge on any atom is -0.288 e. The van der Waals surface area contributed by atoms with Gasteiger partial charge in [-0.05, 0) is 25.4 Å². The second kappa shape index (κ2) is 4.66. The Balaban J connectivity index is 2.60. The highest BCUT2D eigenvalue weighted by Crippen LogP contribution is 2.23. The molecule has 3 heteroatoms. The van der Waals surface area contributed by atoms with Crippen LogP contribution in [0.4, 0.5) is 0 Å². The molecular formula is C10H12ClNS. The lowest BCUT2D eigenvalue weighted by molar-refractivity contribution is 0.299. The Morgan fingerprint density at radius 2 is 2.46 bits per heavy atom. The molecule has 0 spiro atoms. The Kier molecular flexibility index (Phi) is 3.80. The van der Waals surface area contributed by atoms with Gasteiger partial charge in [-0.1, -0.05) is 17.5 Å². The number of halogens is 1. The van der Waals surface area contributed by atoms with E-state index in [1.807, 2.05) is 25.4 Å². The summed E-state index contributed by atoms with van der Waals surface area (Å²) in [5, 5.41) is 2.83. The van der Waals surface area contributed by atoms with Gasteiger partial charge in [0.1, 0.15) is 0 Å². The molecule has 0 radical (unpaired) electrons. The van der Waals surface area contributed by atoms with Gasteiger partial charge in [0.25, 0.3) is 0 Å². The topological polar surface area (TPSA) is 3.24 Å². The van der Waals surface area contributed by atoms with Crippen molar-refractivity contribution in [2.45, 2.75) is 19.5 Å². The van der Waals surface area contributed by atoms with Crippen LogP contribution in [0.25, 0.3) is 0 Å². The summed E-state index contributed by atoms with van der Waals surface area (Å²) >= 11 is 7.63. The maximum atomic E-state index is 5.96. The van der Waals surface area contributed by atoms with Gasteiger partial charge in [0.05, 0.1) is 11.1 Å². The van der Waals surface area contributed by atoms with Gasteiger partial charge in [-0.3, -0.25) is 4.90 Å². The van der Waals surface area contributed by atoms with Crippen LogP contribution in [0.1, 0.15) is 11.8 Å². The highest BCUT2D eigenvalue weighted by atomic mass is 35.5. The lowest BCUT2D eigenvalue weighted by Gasteiger charge is -2.19. The van der Waals surface area contributed by atoms with E-state index in [1.165, 1.54) is 4.88 Å². The van der Waals surface area contributed by atoms with Crippen LogP contribution in [0.15, 0.2) is 11.4 Å². The third-order valence-corrected chi connectivity index (χ3v) is 3.36. The molecule has 0 saturated carbocycles. The minimum atomic E-state index is 0.151. The quantitative estimate of drug-likeness (QED) is 0.698. The second-order valence-electron chi connectivity index (χ2n) is 2.95. The summed E-state index contributed by atoms with van der Waals surface area (Å²) in [7, 11) is 2.00. The summed E-state index contributed by atoms with van der Waals surface area (Å²) in [6.45, 7) is 2.82. The van der Waals surface area contributed by atoms with E-state index in [2.05, 4.69) is 10.8 Å². The zero-order valence-corrected chi connectivity index (χ0v) is 9.32. The first-order chi connectivity index (χ1) is 6.15. The monoisotopic (exact) mass is 213 g/mol. The fourth-order valence-electron chi connectivity index (χ4n) is 0.929. The van der Waals surface area contributed by atoms with Gasteiger partial charge in [-0.2, -0.15) is 0 Å². The molecule has 0 aliphatic heterocycles. The molecule has 0 fully saturated rings. The van der Waals surface area contributed by atoms with E-state index in [0.29, 0.717) is 0 Å². The zero-order chi connectivity index (χ0) is 9.84. The predicted octanol–water partition coefficient (Wildman–Crippen LogP) is 2.86. The second-order valence-corrected chi connectivity index (χ2v) is 4.36. The van der Waals surface area contributed by atoms with Gasteiger partial charge in [0.2, 0.25) is 0 Å². The molecule has 0 bridgehead atoms. The Morgan fingerprint density at radius 3 is 2.92 bits per heavy atom. The van der Waals surface area contributed by atoms with Crippen LogP contribution in [0.3, 0.4) is 0 Å². The van der Waals surface area contributed by atoms with E-state index < -0.39 is 0 Å². The third kappa shape index (κ3) is 2.73. The van der Waals surface area contributed by atoms with E-state index in [-0.39, 0.29) is 6.04 Å². The smallest absolute Gasteiger partial charge is 0.0683 e. The molecule has 0 saturated heterocycles. The van der Waals surface area contributed by atoms with Crippen molar-refractivity contribution in [2.24, 2.45) is 0 Å². The van der Waals surface area contributed by atoms with Crippen molar-refractivity contribution in [1.82, 2.24) is 4.90 Å². The number of rotatable bonds is 3. The van der Waals surface area contributed by atoms with Crippen molar-refractivity contribution in [2.75, 3.05) is 7.05 Å². The number of terminal acetylenes is 1. The summed E-state index contributed by atoms with van der Waals surface area (Å²) in [5.74, 6) is 2.68. The van der Waals surface area contributed by atoms with Crippen LogP contribution in [0.5, 0.6) is 0 Å². The molecule has 1 rings (SSSR count). The molecule has 1 aromatic heterocycles. The average molecular weight is 214 g/mol. The standard InChI is InChI=1S/C10H12ClNS/c1-4-8(2)12(3)7-10-9(11)5-6-13-10/h1,5-6,8H,7H2,2-3H3. The molecule has 0 aromatic carbocycles. The molecule has 0 N–H and O–H groups in total. The number of hydrogen-bond donors (Lipinski definition) is 0. The zero-order valence-electron chi connectivity index (χ0n) is 7.75. The van der Waals surface area contributed by atoms with Gasteiger partial charge in [-0.25, -0.2) is 0 Å². The van der Waals surface area contributed by atoms with E-state index in [9.17, 15) is 0 Å². The molecule has 0 amide bonds. The Labute approximate surface area is 88.3 Å². The van der Waals surface area contributed by atoms with Crippen LogP contribution in [0.2, 0.25) is 5.02 Å². The summed E-state index contributed by atoms with van der Waals surface area (Å²) in [6, 6.07) is 2.06. The molecular weight excluding hydrogens is 202 g/mol. The van der Waals surface area contributed by atoms with Crippen LogP contribution in [-0.4, -0.2) is 18.0 Å². The lowest BCUT2D eigenvalue weighted by Crippen LogP contribution is -2.26. The van der Waals surface area contributed by atoms with Gasteiger partial charge in [0, 0.05) is 11.4 Å². The van der Waals surface area contributed by atoms with E-state index in [1.54, 1.807) is 11.3 Å². The average Bonchev–Trinajstić information content (AvgIpc) is 2.50. The molecule has 0 aliphatic rings. The van der Waals surface area contributed by atoms with Crippen LogP contribution in [-0.2, 0) is 6.54 Å². The van der Waals surface area contributed by atoms with Gasteiger partial charge < -0.3 is 0 Å². The molecule has 70 valence electrons. The van der Waals surface area contributed by atoms with E-state index in [4.69, 9.17) is 18.0 Å². The molecule has 1 aromatic rings. The van der Waals surface area contributed by atoms with Crippen molar-refractivity contribution in [3.8, 4) is 12.3 Å². The van der Waals surface area contributed by atoms with Crippen LogP contribution in [0, 0.1) is 12.3 Å². The van der Waals surface area contributed by atoms with Crippen LogP contribution < -0.4 is 0 Å². The maximum absolute atomic E-state index is 5.96. The summed E-state index contributed by atoms with van der Waals surface area (Å²) in [4.78, 5) is 3.27. The van der Waals surface area contributed by atoms with Gasteiger partial charge >= 0.3 is 0 Å². The molecule has 13 heavy (non-hydrogen) atoms. The van der Waals surface area contributed by atoms with E-state index in [0.717, 1.165) is 11.6 Å². The third-order valence-electron chi connectivity index (χ3n) is 1.99. The first kappa shape index (κ1) is 10.6. The fourth-order valence-corrected chi connectivity index (χ4v) is 2.09. The Hall–Kier alpha value is -0.490. The normalized spacial score (nSPS) is 12.8. The fraction of sp³-hybridized carbons (Fsp3) is 0.400. The Bertz CT molecular complexity index is 313. The summed E-state index contributed by atoms with van der Waals surface area (Å²) in [5.41, 5.74) is 0. The largest absolute Gasteiger partial charge is 0.288 e. The first-order valence-corrected chi connectivity index (χ1v) is 5.29. The highest BCUT2D eigenvalue weighted by Gasteiger charge is 2.09. The maximum Gasteiger partial charge on any atom is 0.0683 e. The molecule has 1 heterocycles. The van der Waals surface area contributed by atoms with Crippen molar-refractivity contribution >= 4 is 22.9 Å². The Morgan fingerprint density at radius 1 is 1.77 bits per heavy atom. The van der Waals surface area contributed by atoms with Crippen molar-refractivity contribution in [3.63, 3.8) is 0 Å². The number of nitrogens with zero attached hydrogens (tertiary/aromatic N) is 1. The predicted molar refractivity (Wildman–Crippen MR) is 59.1 cm³/mol. The lowest BCUT2D eigenvalue weighted by atomic mass is 10.3. The molecule has 1 unspecified atom stereocenters. The first-order valence-electron chi connectivity index (χ1n) is 4.03. The molecule has 0 aliphatic carbocycles. The van der Waals surface area contributed by atoms with Crippen LogP contribution >= 0.6 is 22.9 Å². The van der Waals surface area contributed by atoms with Crippen molar-refractivity contribution in [1.29, 1.82) is 0 Å². The molecule has 1 atom stereocenters. The van der Waals surface area contributed by atoms with E-state index >= 15 is 0 Å². The summed E-state index contributed by atoms with van der Waals surface area (Å²) in [6.07, 6.45) is 5.32. The SMILES string of the molecule is C#CC(C)N(C)Cc1sccc1Cl. The van der Waals surface area contributed by atoms with Crippen molar-refractivity contribution < 1.29 is 0 Å². The van der Waals surface area contributed by atoms with Crippen molar-refractivity contribution in [3.05, 3.63) is 21.3 Å². The molecule has 1 nitrogen and oxygen atoms in total. The van der Waals surface area contributed by atoms with Gasteiger partial charge in [0.15, 0.2) is 0 Å². The number of hydrogen-bond acceptors (Lipinski definition) is 2. The highest BCUT2D eigenvalue weighted by molar-refractivity contribution is 7.10.